The third-order valence-corrected chi connectivity index (χ3v) is 3.34. The zero-order chi connectivity index (χ0) is 10.1. The van der Waals surface area contributed by atoms with Crippen LogP contribution in [-0.4, -0.2) is 10.3 Å². The van der Waals surface area contributed by atoms with E-state index in [1.165, 1.54) is 0 Å². The maximum Gasteiger partial charge on any atom is 0.273 e. The normalized spacial score (nSPS) is 10.7. The number of pyridine rings is 1. The SMILES string of the molecule is OCc1c(I)c2ccccc2c[n+]1O. The van der Waals surface area contributed by atoms with Gasteiger partial charge in [-0.3, -0.25) is 5.21 Å². The number of hydrogen-bond donors (Lipinski definition) is 2. The zero-order valence-corrected chi connectivity index (χ0v) is 9.47. The van der Waals surface area contributed by atoms with Gasteiger partial charge in [-0.2, -0.15) is 0 Å². The van der Waals surface area contributed by atoms with Crippen LogP contribution in [0, 0.1) is 3.57 Å². The van der Waals surface area contributed by atoms with Crippen molar-refractivity contribution in [3.05, 3.63) is 39.7 Å². The van der Waals surface area contributed by atoms with Crippen LogP contribution in [0.5, 0.6) is 0 Å². The Bertz CT molecular complexity index is 485. The van der Waals surface area contributed by atoms with E-state index < -0.39 is 0 Å². The van der Waals surface area contributed by atoms with Crippen molar-refractivity contribution in [1.29, 1.82) is 0 Å². The van der Waals surface area contributed by atoms with Gasteiger partial charge in [-0.1, -0.05) is 18.2 Å². The number of aliphatic hydroxyl groups excluding tert-OH is 1. The summed E-state index contributed by atoms with van der Waals surface area (Å²) in [6.07, 6.45) is 1.60. The Morgan fingerprint density at radius 3 is 2.71 bits per heavy atom. The molecule has 4 heteroatoms. The summed E-state index contributed by atoms with van der Waals surface area (Å²) in [5.41, 5.74) is 0.518. The second kappa shape index (κ2) is 3.70. The van der Waals surface area contributed by atoms with Crippen molar-refractivity contribution in [2.75, 3.05) is 0 Å². The quantitative estimate of drug-likeness (QED) is 0.476. The number of halogens is 1. The fourth-order valence-electron chi connectivity index (χ4n) is 1.42. The topological polar surface area (TPSA) is 44.3 Å². The van der Waals surface area contributed by atoms with Crippen LogP contribution in [0.2, 0.25) is 0 Å². The molecule has 1 aromatic heterocycles. The summed E-state index contributed by atoms with van der Waals surface area (Å²) < 4.78 is 1.86. The molecule has 0 atom stereocenters. The van der Waals surface area contributed by atoms with Crippen molar-refractivity contribution >= 4 is 33.4 Å². The van der Waals surface area contributed by atoms with Gasteiger partial charge in [0.15, 0.2) is 0 Å². The van der Waals surface area contributed by atoms with Crippen LogP contribution in [0.3, 0.4) is 0 Å². The van der Waals surface area contributed by atoms with Crippen LogP contribution >= 0.6 is 22.6 Å². The Hall–Kier alpha value is -0.880. The zero-order valence-electron chi connectivity index (χ0n) is 7.31. The van der Waals surface area contributed by atoms with E-state index >= 15 is 0 Å². The van der Waals surface area contributed by atoms with Gasteiger partial charge in [-0.05, 0) is 28.7 Å². The third-order valence-electron chi connectivity index (χ3n) is 2.14. The maximum absolute atomic E-state index is 9.54. The molecule has 0 unspecified atom stereocenters. The van der Waals surface area contributed by atoms with Crippen molar-refractivity contribution < 1.29 is 15.0 Å². The second-order valence-corrected chi connectivity index (χ2v) is 4.06. The highest BCUT2D eigenvalue weighted by Crippen LogP contribution is 2.20. The van der Waals surface area contributed by atoms with E-state index in [9.17, 15) is 5.21 Å². The summed E-state index contributed by atoms with van der Waals surface area (Å²) >= 11 is 2.12. The fourth-order valence-corrected chi connectivity index (χ4v) is 2.33. The minimum Gasteiger partial charge on any atom is -0.385 e. The first kappa shape index (κ1) is 9.67. The molecule has 2 N–H and O–H groups in total. The molecule has 72 valence electrons. The monoisotopic (exact) mass is 302 g/mol. The van der Waals surface area contributed by atoms with Crippen molar-refractivity contribution in [3.63, 3.8) is 0 Å². The van der Waals surface area contributed by atoms with Gasteiger partial charge in [-0.15, -0.1) is 0 Å². The van der Waals surface area contributed by atoms with E-state index in [4.69, 9.17) is 5.11 Å². The van der Waals surface area contributed by atoms with Crippen molar-refractivity contribution in [2.24, 2.45) is 0 Å². The molecule has 0 bridgehead atoms. The third kappa shape index (κ3) is 1.44. The molecule has 0 amide bonds. The highest BCUT2D eigenvalue weighted by Gasteiger charge is 2.17. The van der Waals surface area contributed by atoms with Crippen molar-refractivity contribution in [2.45, 2.75) is 6.61 Å². The number of hydrogen-bond acceptors (Lipinski definition) is 2. The van der Waals surface area contributed by atoms with E-state index in [1.807, 2.05) is 24.3 Å². The second-order valence-electron chi connectivity index (χ2n) is 2.98. The van der Waals surface area contributed by atoms with Gasteiger partial charge in [-0.25, -0.2) is 0 Å². The van der Waals surface area contributed by atoms with Gasteiger partial charge in [0, 0.05) is 10.1 Å². The molecule has 0 aliphatic carbocycles. The van der Waals surface area contributed by atoms with Crippen LogP contribution in [0.1, 0.15) is 5.69 Å². The van der Waals surface area contributed by atoms with Crippen LogP contribution in [-0.2, 0) is 6.61 Å². The van der Waals surface area contributed by atoms with E-state index in [1.54, 1.807) is 6.20 Å². The van der Waals surface area contributed by atoms with Crippen molar-refractivity contribution in [3.8, 4) is 0 Å². The molecule has 0 saturated carbocycles. The van der Waals surface area contributed by atoms with E-state index in [0.717, 1.165) is 19.1 Å². The van der Waals surface area contributed by atoms with Gasteiger partial charge in [0.05, 0.1) is 8.96 Å². The van der Waals surface area contributed by atoms with Gasteiger partial charge < -0.3 is 5.11 Å². The van der Waals surface area contributed by atoms with E-state index in [-0.39, 0.29) is 6.61 Å². The Labute approximate surface area is 94.7 Å². The number of rotatable bonds is 1. The molecule has 14 heavy (non-hydrogen) atoms. The summed E-state index contributed by atoms with van der Waals surface area (Å²) in [6.45, 7) is -0.167. The standard InChI is InChI=1S/C10H9INO2/c11-10-8-4-2-1-3-7(8)5-12(14)9(10)6-13/h1-5,13-14H,6H2/q+1. The minimum absolute atomic E-state index is 0.167. The first-order valence-electron chi connectivity index (χ1n) is 4.16. The lowest BCUT2D eigenvalue weighted by molar-refractivity contribution is -0.910. The molecule has 0 fully saturated rings. The van der Waals surface area contributed by atoms with Crippen LogP contribution < -0.4 is 4.73 Å². The summed E-state index contributed by atoms with van der Waals surface area (Å²) in [5.74, 6) is 0. The van der Waals surface area contributed by atoms with Gasteiger partial charge in [0.25, 0.3) is 5.69 Å². The average molecular weight is 302 g/mol. The Kier molecular flexibility index (Phi) is 2.56. The molecule has 0 radical (unpaired) electrons. The van der Waals surface area contributed by atoms with Gasteiger partial charge in [0.1, 0.15) is 6.61 Å². The summed E-state index contributed by atoms with van der Waals surface area (Å²) in [4.78, 5) is 0. The fraction of sp³-hybridized carbons (Fsp3) is 0.100. The first-order valence-corrected chi connectivity index (χ1v) is 5.24. The molecule has 0 spiro atoms. The molecule has 1 aromatic carbocycles. The summed E-state index contributed by atoms with van der Waals surface area (Å²) in [5, 5.41) is 20.6. The number of aliphatic hydroxyl groups is 1. The predicted octanol–water partition coefficient (Wildman–Crippen LogP) is 1.46. The lowest BCUT2D eigenvalue weighted by Gasteiger charge is -2.01. The van der Waals surface area contributed by atoms with Crippen LogP contribution in [0.4, 0.5) is 0 Å². The van der Waals surface area contributed by atoms with Gasteiger partial charge >= 0.3 is 0 Å². The van der Waals surface area contributed by atoms with Gasteiger partial charge in [0.2, 0.25) is 6.20 Å². The molecule has 2 rings (SSSR count). The largest absolute Gasteiger partial charge is 0.385 e. The van der Waals surface area contributed by atoms with Crippen molar-refractivity contribution in [1.82, 2.24) is 0 Å². The molecule has 0 saturated heterocycles. The highest BCUT2D eigenvalue weighted by molar-refractivity contribution is 14.1. The Morgan fingerprint density at radius 2 is 2.00 bits per heavy atom. The number of fused-ring (bicyclic) bond motifs is 1. The predicted molar refractivity (Wildman–Crippen MR) is 60.0 cm³/mol. The molecular weight excluding hydrogens is 293 g/mol. The number of benzene rings is 1. The molecule has 0 aliphatic rings. The summed E-state index contributed by atoms with van der Waals surface area (Å²) in [7, 11) is 0. The smallest absolute Gasteiger partial charge is 0.273 e. The molecule has 0 aliphatic heterocycles. The van der Waals surface area contributed by atoms with E-state index in [2.05, 4.69) is 22.6 Å². The molecule has 2 aromatic rings. The number of nitrogens with zero attached hydrogens (tertiary/aromatic N) is 1. The minimum atomic E-state index is -0.167. The Balaban J connectivity index is 2.86. The Morgan fingerprint density at radius 1 is 1.29 bits per heavy atom. The van der Waals surface area contributed by atoms with Crippen LogP contribution in [0.15, 0.2) is 30.5 Å². The molecule has 3 nitrogen and oxygen atoms in total. The first-order chi connectivity index (χ1) is 6.74. The van der Waals surface area contributed by atoms with E-state index in [0.29, 0.717) is 5.69 Å². The lowest BCUT2D eigenvalue weighted by Crippen LogP contribution is -2.36. The molecule has 1 heterocycles. The number of aromatic nitrogens is 1. The highest BCUT2D eigenvalue weighted by atomic mass is 127. The summed E-state index contributed by atoms with van der Waals surface area (Å²) in [6, 6.07) is 7.74. The molecular formula is C10H9INO2+. The lowest BCUT2D eigenvalue weighted by atomic mass is 10.1. The van der Waals surface area contributed by atoms with Crippen LogP contribution in [0.25, 0.3) is 10.8 Å². The average Bonchev–Trinajstić information content (AvgIpc) is 2.18. The maximum atomic E-state index is 9.54.